The Morgan fingerprint density at radius 1 is 0.941 bits per heavy atom. The van der Waals surface area contributed by atoms with Crippen molar-refractivity contribution in [1.82, 2.24) is 0 Å². The van der Waals surface area contributed by atoms with Gasteiger partial charge in [-0.3, -0.25) is 8.67 Å². The second kappa shape index (κ2) is 21.5. The molecular formula is C26H53N3O4S. The minimum atomic E-state index is -4.42. The van der Waals surface area contributed by atoms with Crippen LogP contribution in [0.15, 0.2) is 17.1 Å². The van der Waals surface area contributed by atoms with Crippen LogP contribution in [0.3, 0.4) is 0 Å². The Hall–Kier alpha value is -0.800. The molecule has 202 valence electrons. The highest BCUT2D eigenvalue weighted by atomic mass is 32.3. The summed E-state index contributed by atoms with van der Waals surface area (Å²) in [5.41, 5.74) is 5.82. The Morgan fingerprint density at radius 2 is 1.47 bits per heavy atom. The third-order valence-corrected chi connectivity index (χ3v) is 6.98. The van der Waals surface area contributed by atoms with Gasteiger partial charge in [0.25, 0.3) is 0 Å². The van der Waals surface area contributed by atoms with E-state index in [0.29, 0.717) is 0 Å². The Bertz CT molecular complexity index is 638. The zero-order valence-corrected chi connectivity index (χ0v) is 23.1. The van der Waals surface area contributed by atoms with Crippen molar-refractivity contribution in [2.45, 2.75) is 111 Å². The molecule has 0 radical (unpaired) electrons. The summed E-state index contributed by atoms with van der Waals surface area (Å²) in [7, 11) is -4.42. The number of aliphatic imine (C=N–C) groups is 1. The third kappa shape index (κ3) is 17.6. The Kier molecular flexibility index (Phi) is 21.0. The molecule has 1 unspecified atom stereocenters. The fourth-order valence-electron chi connectivity index (χ4n) is 4.40. The van der Waals surface area contributed by atoms with Crippen molar-refractivity contribution >= 4 is 16.2 Å². The van der Waals surface area contributed by atoms with E-state index in [9.17, 15) is 13.0 Å². The molecule has 0 amide bonds. The molecule has 0 saturated carbocycles. The zero-order valence-electron chi connectivity index (χ0n) is 22.3. The second-order valence-electron chi connectivity index (χ2n) is 9.19. The van der Waals surface area contributed by atoms with E-state index in [1.54, 1.807) is 0 Å². The summed E-state index contributed by atoms with van der Waals surface area (Å²) in [6.07, 6.45) is 24.3. The first-order chi connectivity index (χ1) is 16.3. The molecule has 0 saturated heterocycles. The number of rotatable bonds is 20. The lowest BCUT2D eigenvalue weighted by molar-refractivity contribution is -0.830. The summed E-state index contributed by atoms with van der Waals surface area (Å²) in [5.74, 6) is 1.26. The maximum atomic E-state index is 9.45. The summed E-state index contributed by atoms with van der Waals surface area (Å²) in [4.78, 5) is 4.73. The standard InChI is InChI=1S/C24H48N3.C2H6O4S/c1-3-5-6-7-8-9-10-11-12-13-14-15-16-17-18-19-24-26-21-23-27(24,4-2)22-20-25;1-2-6-7(3,4)5/h18-19H,3-17,20-23,25H2,1-2H3;2H2,1H3,(H,3,4,5)/q+1;/p-1/b19-18+;. The normalized spacial score (nSPS) is 18.2. The largest absolute Gasteiger partial charge is 0.726 e. The molecule has 0 fully saturated rings. The number of unbranched alkanes of at least 4 members (excludes halogenated alkanes) is 13. The van der Waals surface area contributed by atoms with Gasteiger partial charge in [-0.25, -0.2) is 13.4 Å². The van der Waals surface area contributed by atoms with Crippen LogP contribution in [0.25, 0.3) is 0 Å². The maximum Gasteiger partial charge on any atom is 0.222 e. The molecule has 0 aromatic rings. The molecule has 0 bridgehead atoms. The monoisotopic (exact) mass is 503 g/mol. The van der Waals surface area contributed by atoms with Gasteiger partial charge >= 0.3 is 0 Å². The first-order valence-corrected chi connectivity index (χ1v) is 15.1. The minimum absolute atomic E-state index is 0.0914. The van der Waals surface area contributed by atoms with Crippen molar-refractivity contribution in [2.24, 2.45) is 10.7 Å². The van der Waals surface area contributed by atoms with Gasteiger partial charge in [-0.1, -0.05) is 90.0 Å². The van der Waals surface area contributed by atoms with Gasteiger partial charge in [-0.05, 0) is 26.7 Å². The van der Waals surface area contributed by atoms with Gasteiger partial charge in [0, 0.05) is 12.6 Å². The van der Waals surface area contributed by atoms with Crippen LogP contribution < -0.4 is 5.73 Å². The predicted molar refractivity (Wildman–Crippen MR) is 143 cm³/mol. The highest BCUT2D eigenvalue weighted by Gasteiger charge is 2.33. The number of quaternary nitrogens is 1. The lowest BCUT2D eigenvalue weighted by atomic mass is 10.0. The number of amidine groups is 1. The van der Waals surface area contributed by atoms with Gasteiger partial charge in [-0.2, -0.15) is 0 Å². The van der Waals surface area contributed by atoms with Crippen molar-refractivity contribution in [3.8, 4) is 0 Å². The summed E-state index contributed by atoms with van der Waals surface area (Å²) < 4.78 is 33.0. The van der Waals surface area contributed by atoms with E-state index in [-0.39, 0.29) is 6.61 Å². The van der Waals surface area contributed by atoms with Gasteiger partial charge in [0.15, 0.2) is 0 Å². The minimum Gasteiger partial charge on any atom is -0.726 e. The molecule has 1 aliphatic heterocycles. The van der Waals surface area contributed by atoms with E-state index in [1.807, 2.05) is 0 Å². The summed E-state index contributed by atoms with van der Waals surface area (Å²) in [6.45, 7) is 10.9. The molecule has 1 atom stereocenters. The molecule has 1 rings (SSSR count). The highest BCUT2D eigenvalue weighted by Crippen LogP contribution is 2.16. The number of likely N-dealkylation sites (N-methyl/N-ethyl adjacent to an activating group) is 1. The number of hydrogen-bond donors (Lipinski definition) is 1. The van der Waals surface area contributed by atoms with Gasteiger partial charge in [0.2, 0.25) is 16.2 Å². The fourth-order valence-corrected chi connectivity index (χ4v) is 4.68. The molecule has 0 aliphatic carbocycles. The van der Waals surface area contributed by atoms with Gasteiger partial charge < -0.3 is 10.3 Å². The molecule has 34 heavy (non-hydrogen) atoms. The van der Waals surface area contributed by atoms with Crippen LogP contribution >= 0.6 is 0 Å². The van der Waals surface area contributed by atoms with Crippen LogP contribution in [-0.2, 0) is 14.6 Å². The van der Waals surface area contributed by atoms with Gasteiger partial charge in [0.1, 0.15) is 6.54 Å². The van der Waals surface area contributed by atoms with Crippen LogP contribution in [0.2, 0.25) is 0 Å². The predicted octanol–water partition coefficient (Wildman–Crippen LogP) is 5.71. The van der Waals surface area contributed by atoms with Crippen LogP contribution in [0.4, 0.5) is 0 Å². The average molecular weight is 504 g/mol. The fraction of sp³-hybridized carbons (Fsp3) is 0.885. The summed E-state index contributed by atoms with van der Waals surface area (Å²) >= 11 is 0. The number of nitrogens with two attached hydrogens (primary N) is 1. The summed E-state index contributed by atoms with van der Waals surface area (Å²) in [6, 6.07) is 0. The number of hydrogen-bond acceptors (Lipinski definition) is 6. The topological polar surface area (TPSA) is 105 Å². The van der Waals surface area contributed by atoms with Crippen molar-refractivity contribution in [3.05, 3.63) is 12.2 Å². The molecular weight excluding hydrogens is 450 g/mol. The van der Waals surface area contributed by atoms with Crippen molar-refractivity contribution in [1.29, 1.82) is 0 Å². The summed E-state index contributed by atoms with van der Waals surface area (Å²) in [5, 5.41) is 0. The molecule has 7 nitrogen and oxygen atoms in total. The quantitative estimate of drug-likeness (QED) is 0.0991. The van der Waals surface area contributed by atoms with E-state index >= 15 is 0 Å². The van der Waals surface area contributed by atoms with Gasteiger partial charge in [-0.15, -0.1) is 0 Å². The van der Waals surface area contributed by atoms with Crippen LogP contribution in [0.5, 0.6) is 0 Å². The smallest absolute Gasteiger partial charge is 0.222 e. The first-order valence-electron chi connectivity index (χ1n) is 13.7. The molecule has 0 aromatic heterocycles. The third-order valence-electron chi connectivity index (χ3n) is 6.45. The maximum absolute atomic E-state index is 9.45. The van der Waals surface area contributed by atoms with E-state index < -0.39 is 10.4 Å². The average Bonchev–Trinajstić information content (AvgIpc) is 3.19. The van der Waals surface area contributed by atoms with Gasteiger partial charge in [0.05, 0.1) is 26.2 Å². The molecule has 0 spiro atoms. The molecule has 2 N–H and O–H groups in total. The van der Waals surface area contributed by atoms with Crippen molar-refractivity contribution in [2.75, 3.05) is 39.3 Å². The Balaban J connectivity index is 0.00000135. The van der Waals surface area contributed by atoms with Crippen LogP contribution in [0.1, 0.15) is 111 Å². The molecule has 1 aliphatic rings. The van der Waals surface area contributed by atoms with Crippen LogP contribution in [-0.4, -0.2) is 62.6 Å². The van der Waals surface area contributed by atoms with Crippen molar-refractivity contribution in [3.63, 3.8) is 0 Å². The van der Waals surface area contributed by atoms with E-state index in [2.05, 4.69) is 30.2 Å². The number of allylic oxidation sites excluding steroid dienone is 1. The SMILES string of the molecule is CCCCCCCCCCCCCCC/C=C/C1=NCC[N+]1(CC)CCN.CCOS(=O)(=O)[O-]. The zero-order chi connectivity index (χ0) is 25.5. The van der Waals surface area contributed by atoms with E-state index in [4.69, 9.17) is 10.7 Å². The Morgan fingerprint density at radius 3 is 1.88 bits per heavy atom. The molecule has 8 heteroatoms. The highest BCUT2D eigenvalue weighted by molar-refractivity contribution is 7.80. The Labute approximate surface area is 210 Å². The second-order valence-corrected chi connectivity index (χ2v) is 10.2. The van der Waals surface area contributed by atoms with E-state index in [1.165, 1.54) is 103 Å². The van der Waals surface area contributed by atoms with Crippen LogP contribution in [0, 0.1) is 0 Å². The molecule has 0 aromatic carbocycles. The van der Waals surface area contributed by atoms with E-state index in [0.717, 1.165) is 37.2 Å². The lowest BCUT2D eigenvalue weighted by Crippen LogP contribution is -2.52. The molecule has 1 heterocycles. The van der Waals surface area contributed by atoms with Crippen molar-refractivity contribution < 1.29 is 21.6 Å². The lowest BCUT2D eigenvalue weighted by Gasteiger charge is -2.32. The first kappa shape index (κ1) is 33.2. The number of nitrogens with zero attached hydrogens (tertiary/aromatic N) is 2.